The van der Waals surface area contributed by atoms with Crippen molar-refractivity contribution in [3.8, 4) is 23.0 Å². The molecular weight excluding hydrogens is 270 g/mol. The van der Waals surface area contributed by atoms with E-state index in [4.69, 9.17) is 16.3 Å². The fraction of sp³-hybridized carbons (Fsp3) is 0.100. The summed E-state index contributed by atoms with van der Waals surface area (Å²) in [7, 11) is 1.54. The number of ether oxygens (including phenoxy) is 1. The third kappa shape index (κ3) is 2.13. The molecule has 19 heavy (non-hydrogen) atoms. The quantitative estimate of drug-likeness (QED) is 0.770. The van der Waals surface area contributed by atoms with Crippen molar-refractivity contribution < 1.29 is 4.74 Å². The summed E-state index contributed by atoms with van der Waals surface area (Å²) < 4.78 is 6.56. The Bertz CT molecular complexity index is 694. The van der Waals surface area contributed by atoms with Gasteiger partial charge in [0.1, 0.15) is 0 Å². The number of hydrogen-bond donors (Lipinski definition) is 1. The molecule has 0 fully saturated rings. The van der Waals surface area contributed by atoms with E-state index >= 15 is 0 Å². The molecule has 0 bridgehead atoms. The highest BCUT2D eigenvalue weighted by Gasteiger charge is 2.11. The van der Waals surface area contributed by atoms with Crippen LogP contribution in [-0.4, -0.2) is 42.5 Å². The Labute approximate surface area is 112 Å². The van der Waals surface area contributed by atoms with E-state index in [-0.39, 0.29) is 0 Å². The number of nitrogens with zero attached hydrogens (tertiary/aromatic N) is 6. The van der Waals surface area contributed by atoms with Gasteiger partial charge in [0.25, 0.3) is 5.95 Å². The highest BCUT2D eigenvalue weighted by molar-refractivity contribution is 6.33. The Kier molecular flexibility index (Phi) is 2.84. The molecule has 1 N–H and O–H groups in total. The smallest absolute Gasteiger partial charge is 0.290 e. The minimum Gasteiger partial charge on any atom is -0.481 e. The second-order valence-corrected chi connectivity index (χ2v) is 4.00. The number of hydrogen-bond acceptors (Lipinski definition) is 6. The van der Waals surface area contributed by atoms with E-state index in [0.717, 1.165) is 11.1 Å². The number of nitrogens with one attached hydrogen (secondary N) is 1. The number of halogens is 1. The number of H-pyrrole nitrogens is 1. The summed E-state index contributed by atoms with van der Waals surface area (Å²) in [5.74, 6) is 0.829. The van der Waals surface area contributed by atoms with Gasteiger partial charge >= 0.3 is 0 Å². The van der Waals surface area contributed by atoms with E-state index in [1.807, 2.05) is 0 Å². The van der Waals surface area contributed by atoms with Crippen LogP contribution in [0, 0.1) is 0 Å². The lowest BCUT2D eigenvalue weighted by Crippen LogP contribution is -1.96. The second-order valence-electron chi connectivity index (χ2n) is 3.59. The Hall–Kier alpha value is -2.48. The van der Waals surface area contributed by atoms with Gasteiger partial charge in [0.05, 0.1) is 24.5 Å². The first kappa shape index (κ1) is 11.6. The second kappa shape index (κ2) is 4.65. The molecule has 0 aliphatic rings. The van der Waals surface area contributed by atoms with Gasteiger partial charge < -0.3 is 4.74 Å². The molecule has 0 amide bonds. The highest BCUT2D eigenvalue weighted by Crippen LogP contribution is 2.29. The van der Waals surface area contributed by atoms with Gasteiger partial charge in [-0.1, -0.05) is 16.7 Å². The number of aromatic nitrogens is 7. The fourth-order valence-electron chi connectivity index (χ4n) is 1.58. The molecule has 0 aromatic carbocycles. The van der Waals surface area contributed by atoms with Crippen molar-refractivity contribution in [2.75, 3.05) is 7.11 Å². The first-order valence-electron chi connectivity index (χ1n) is 5.26. The topological polar surface area (TPSA) is 94.4 Å². The average molecular weight is 278 g/mol. The first-order valence-corrected chi connectivity index (χ1v) is 5.64. The SMILES string of the molecule is COc1cc(-c2cnn(-c3nn[nH]n3)c2)c(Cl)cn1. The van der Waals surface area contributed by atoms with E-state index in [2.05, 4.69) is 30.7 Å². The molecule has 0 radical (unpaired) electrons. The largest absolute Gasteiger partial charge is 0.481 e. The molecule has 3 aromatic rings. The molecule has 9 heteroatoms. The maximum absolute atomic E-state index is 6.12. The lowest BCUT2D eigenvalue weighted by Gasteiger charge is -2.03. The molecule has 0 unspecified atom stereocenters. The molecule has 0 saturated heterocycles. The van der Waals surface area contributed by atoms with E-state index in [1.54, 1.807) is 25.6 Å². The van der Waals surface area contributed by atoms with Crippen LogP contribution in [0.25, 0.3) is 17.1 Å². The molecule has 3 rings (SSSR count). The van der Waals surface area contributed by atoms with Crippen LogP contribution in [0.15, 0.2) is 24.7 Å². The van der Waals surface area contributed by atoms with Crippen LogP contribution in [0.1, 0.15) is 0 Å². The van der Waals surface area contributed by atoms with Crippen molar-refractivity contribution in [1.82, 2.24) is 35.4 Å². The van der Waals surface area contributed by atoms with Crippen molar-refractivity contribution in [3.05, 3.63) is 29.7 Å². The van der Waals surface area contributed by atoms with Gasteiger partial charge in [-0.15, -0.1) is 5.10 Å². The van der Waals surface area contributed by atoms with Gasteiger partial charge in [0.15, 0.2) is 0 Å². The van der Waals surface area contributed by atoms with E-state index in [1.165, 1.54) is 10.9 Å². The minimum absolute atomic E-state index is 0.350. The van der Waals surface area contributed by atoms with Gasteiger partial charge in [-0.2, -0.15) is 10.3 Å². The monoisotopic (exact) mass is 277 g/mol. The van der Waals surface area contributed by atoms with Crippen molar-refractivity contribution in [2.45, 2.75) is 0 Å². The molecule has 0 saturated carbocycles. The predicted octanol–water partition coefficient (Wildman–Crippen LogP) is 1.11. The van der Waals surface area contributed by atoms with Gasteiger partial charge in [-0.25, -0.2) is 9.67 Å². The Morgan fingerprint density at radius 2 is 2.26 bits per heavy atom. The number of pyridine rings is 1. The predicted molar refractivity (Wildman–Crippen MR) is 66.1 cm³/mol. The van der Waals surface area contributed by atoms with Gasteiger partial charge in [0.2, 0.25) is 5.88 Å². The van der Waals surface area contributed by atoms with Crippen LogP contribution in [0.2, 0.25) is 5.02 Å². The Morgan fingerprint density at radius 3 is 3.00 bits per heavy atom. The van der Waals surface area contributed by atoms with E-state index in [9.17, 15) is 0 Å². The summed E-state index contributed by atoms with van der Waals surface area (Å²) in [6.45, 7) is 0. The zero-order valence-corrected chi connectivity index (χ0v) is 10.5. The molecule has 96 valence electrons. The van der Waals surface area contributed by atoms with Gasteiger partial charge in [-0.3, -0.25) is 0 Å². The summed E-state index contributed by atoms with van der Waals surface area (Å²) in [6, 6.07) is 1.74. The lowest BCUT2D eigenvalue weighted by atomic mass is 10.1. The first-order chi connectivity index (χ1) is 9.28. The number of rotatable bonds is 3. The van der Waals surface area contributed by atoms with Crippen molar-refractivity contribution in [1.29, 1.82) is 0 Å². The van der Waals surface area contributed by atoms with E-state index < -0.39 is 0 Å². The van der Waals surface area contributed by atoms with Crippen LogP contribution in [0.5, 0.6) is 5.88 Å². The Morgan fingerprint density at radius 1 is 1.37 bits per heavy atom. The normalized spacial score (nSPS) is 10.6. The van der Waals surface area contributed by atoms with Crippen molar-refractivity contribution in [2.24, 2.45) is 0 Å². The maximum Gasteiger partial charge on any atom is 0.290 e. The van der Waals surface area contributed by atoms with Crippen molar-refractivity contribution in [3.63, 3.8) is 0 Å². The third-order valence-corrected chi connectivity index (χ3v) is 2.77. The lowest BCUT2D eigenvalue weighted by molar-refractivity contribution is 0.398. The highest BCUT2D eigenvalue weighted by atomic mass is 35.5. The van der Waals surface area contributed by atoms with Crippen molar-refractivity contribution >= 4 is 11.6 Å². The standard InChI is InChI=1S/C10H8ClN7O/c1-19-9-2-7(8(11)4-12-9)6-3-13-18(5-6)10-14-16-17-15-10/h2-5H,1H3,(H,14,15,16,17). The molecule has 3 aromatic heterocycles. The molecule has 3 heterocycles. The van der Waals surface area contributed by atoms with Crippen LogP contribution in [0.4, 0.5) is 0 Å². The summed E-state index contributed by atoms with van der Waals surface area (Å²) in [5.41, 5.74) is 1.57. The average Bonchev–Trinajstić information content (AvgIpc) is 3.10. The van der Waals surface area contributed by atoms with Crippen LogP contribution < -0.4 is 4.74 Å². The minimum atomic E-state index is 0.350. The molecule has 0 atom stereocenters. The Balaban J connectivity index is 2.03. The maximum atomic E-state index is 6.12. The summed E-state index contributed by atoms with van der Waals surface area (Å²) in [6.07, 6.45) is 4.92. The summed E-state index contributed by atoms with van der Waals surface area (Å²) in [4.78, 5) is 4.02. The van der Waals surface area contributed by atoms with Crippen LogP contribution >= 0.6 is 11.6 Å². The van der Waals surface area contributed by atoms with Gasteiger partial charge in [0, 0.05) is 23.4 Å². The van der Waals surface area contributed by atoms with E-state index in [0.29, 0.717) is 16.9 Å². The van der Waals surface area contributed by atoms with Crippen LogP contribution in [0.3, 0.4) is 0 Å². The molecule has 8 nitrogen and oxygen atoms in total. The van der Waals surface area contributed by atoms with Gasteiger partial charge in [-0.05, 0) is 5.21 Å². The number of methoxy groups -OCH3 is 1. The molecule has 0 aliphatic carbocycles. The third-order valence-electron chi connectivity index (χ3n) is 2.47. The molecule has 0 aliphatic heterocycles. The summed E-state index contributed by atoms with van der Waals surface area (Å²) >= 11 is 6.12. The van der Waals surface area contributed by atoms with Crippen LogP contribution in [-0.2, 0) is 0 Å². The zero-order chi connectivity index (χ0) is 13.2. The fourth-order valence-corrected chi connectivity index (χ4v) is 1.79. The molecule has 0 spiro atoms. The summed E-state index contributed by atoms with van der Waals surface area (Å²) in [5, 5.41) is 18.1. The zero-order valence-electron chi connectivity index (χ0n) is 9.78. The number of tetrazole rings is 1. The number of aromatic amines is 1. The molecular formula is C10H8ClN7O.